The Morgan fingerprint density at radius 3 is 2.58 bits per heavy atom. The monoisotopic (exact) mass is 594 g/mol. The molecule has 1 aliphatic rings. The van der Waals surface area contributed by atoms with Crippen LogP contribution in [0.1, 0.15) is 18.7 Å². The number of aliphatic hydroxyl groups is 2. The summed E-state index contributed by atoms with van der Waals surface area (Å²) in [6.45, 7) is 1.11. The first-order valence-corrected chi connectivity index (χ1v) is 15.2. The number of halogens is 2. The first kappa shape index (κ1) is 29.0. The van der Waals surface area contributed by atoms with Crippen molar-refractivity contribution in [3.05, 3.63) is 53.2 Å². The van der Waals surface area contributed by atoms with Gasteiger partial charge >= 0.3 is 15.2 Å². The Balaban J connectivity index is 1.52. The number of hydrogen-bond donors (Lipinski definition) is 6. The fourth-order valence-electron chi connectivity index (χ4n) is 4.16. The molecule has 6 atom stereocenters. The van der Waals surface area contributed by atoms with Gasteiger partial charge in [0.15, 0.2) is 12.1 Å². The topological polar surface area (TPSA) is 196 Å². The number of nitrogens with zero attached hydrogens (tertiary/aromatic N) is 3. The largest absolute Gasteiger partial charge is 0.387 e. The number of fused-ring (bicyclic) bond motifs is 1. The van der Waals surface area contributed by atoms with Crippen molar-refractivity contribution in [1.29, 1.82) is 0 Å². The second-order valence-electron chi connectivity index (χ2n) is 8.93. The Morgan fingerprint density at radius 1 is 1.18 bits per heavy atom. The molecule has 3 aromatic rings. The van der Waals surface area contributed by atoms with Crippen LogP contribution in [0.5, 0.6) is 0 Å². The fourth-order valence-corrected chi connectivity index (χ4v) is 6.89. The summed E-state index contributed by atoms with van der Waals surface area (Å²) in [5.74, 6) is -1.39. The van der Waals surface area contributed by atoms with E-state index >= 15 is 0 Å². The summed E-state index contributed by atoms with van der Waals surface area (Å²) in [4.78, 5) is 35.9. The van der Waals surface area contributed by atoms with Crippen molar-refractivity contribution in [2.45, 2.75) is 43.9 Å². The number of aromatic nitrogens is 3. The Bertz CT molecular complexity index is 1410. The molecule has 13 nitrogen and oxygen atoms in total. The standard InChI is InChI=1S/C21H26ClFN4O9P2/c1-11(8-12-4-2-3-5-14(12)23)24-18-13-6-7-27(19(13)26-21(22)25-18)20-17(29)16(28)15(36-20)9-35-38(33,34)10-37(30,31)32/h2-7,11,15-17,20,28-29H,8-10H2,1H3,(H,33,34)(H,24,25,26)(H2,30,31,32)/t11-,15+,16+,17+,20+/m0/s1. The van der Waals surface area contributed by atoms with Gasteiger partial charge in [0.05, 0.1) is 12.0 Å². The Hall–Kier alpha value is -1.96. The zero-order chi connectivity index (χ0) is 27.8. The summed E-state index contributed by atoms with van der Waals surface area (Å²) >= 11 is 6.14. The van der Waals surface area contributed by atoms with Gasteiger partial charge in [0.2, 0.25) is 5.28 Å². The molecule has 0 aliphatic carbocycles. The van der Waals surface area contributed by atoms with Gasteiger partial charge in [-0.1, -0.05) is 18.2 Å². The van der Waals surface area contributed by atoms with Crippen LogP contribution in [0.4, 0.5) is 10.2 Å². The van der Waals surface area contributed by atoms with Crippen LogP contribution < -0.4 is 5.32 Å². The van der Waals surface area contributed by atoms with Crippen LogP contribution in [0, 0.1) is 5.82 Å². The maximum absolute atomic E-state index is 14.1. The third-order valence-electron chi connectivity index (χ3n) is 5.83. The molecule has 208 valence electrons. The quantitative estimate of drug-likeness (QED) is 0.148. The number of nitrogens with one attached hydrogen (secondary N) is 1. The van der Waals surface area contributed by atoms with Gasteiger partial charge in [-0.05, 0) is 42.6 Å². The van der Waals surface area contributed by atoms with Crippen LogP contribution in [0.2, 0.25) is 5.28 Å². The van der Waals surface area contributed by atoms with Crippen molar-refractivity contribution in [2.75, 3.05) is 17.8 Å². The molecule has 6 N–H and O–H groups in total. The highest BCUT2D eigenvalue weighted by Crippen LogP contribution is 2.55. The molecule has 38 heavy (non-hydrogen) atoms. The minimum absolute atomic E-state index is 0.135. The molecule has 1 unspecified atom stereocenters. The van der Waals surface area contributed by atoms with E-state index in [0.717, 1.165) is 0 Å². The van der Waals surface area contributed by atoms with Crippen molar-refractivity contribution in [3.63, 3.8) is 0 Å². The van der Waals surface area contributed by atoms with Crippen molar-refractivity contribution in [3.8, 4) is 0 Å². The van der Waals surface area contributed by atoms with Crippen LogP contribution in [0.25, 0.3) is 11.0 Å². The summed E-state index contributed by atoms with van der Waals surface area (Å²) in [5.41, 5.74) is 0.747. The molecule has 0 radical (unpaired) electrons. The van der Waals surface area contributed by atoms with Crippen LogP contribution >= 0.6 is 26.8 Å². The van der Waals surface area contributed by atoms with Crippen molar-refractivity contribution in [2.24, 2.45) is 0 Å². The van der Waals surface area contributed by atoms with E-state index in [0.29, 0.717) is 23.2 Å². The molecule has 1 fully saturated rings. The van der Waals surface area contributed by atoms with E-state index in [2.05, 4.69) is 15.3 Å². The summed E-state index contributed by atoms with van der Waals surface area (Å²) in [6.07, 6.45) is -3.75. The Kier molecular flexibility index (Phi) is 8.61. The highest BCUT2D eigenvalue weighted by molar-refractivity contribution is 7.70. The highest BCUT2D eigenvalue weighted by atomic mass is 35.5. The van der Waals surface area contributed by atoms with Crippen molar-refractivity contribution < 1.29 is 47.7 Å². The first-order chi connectivity index (χ1) is 17.7. The molecule has 0 amide bonds. The summed E-state index contributed by atoms with van der Waals surface area (Å²) in [5, 5.41) is 24.6. The van der Waals surface area contributed by atoms with Crippen LogP contribution in [0.15, 0.2) is 36.5 Å². The second kappa shape index (κ2) is 11.3. The minimum atomic E-state index is -4.84. The minimum Gasteiger partial charge on any atom is -0.387 e. The maximum Gasteiger partial charge on any atom is 0.340 e. The van der Waals surface area contributed by atoms with Crippen molar-refractivity contribution >= 4 is 43.6 Å². The van der Waals surface area contributed by atoms with Crippen molar-refractivity contribution in [1.82, 2.24) is 14.5 Å². The van der Waals surface area contributed by atoms with Gasteiger partial charge in [0.1, 0.15) is 35.6 Å². The summed E-state index contributed by atoms with van der Waals surface area (Å²) in [6, 6.07) is 7.76. The molecule has 4 rings (SSSR count). The second-order valence-corrected chi connectivity index (χ2v) is 13.3. The van der Waals surface area contributed by atoms with E-state index in [9.17, 15) is 28.6 Å². The number of aliphatic hydroxyl groups excluding tert-OH is 2. The normalized spacial score (nSPS) is 24.4. The van der Waals surface area contributed by atoms with Crippen LogP contribution in [-0.4, -0.2) is 76.3 Å². The lowest BCUT2D eigenvalue weighted by Gasteiger charge is -2.19. The summed E-state index contributed by atoms with van der Waals surface area (Å²) in [7, 11) is -9.54. The van der Waals surface area contributed by atoms with Gasteiger partial charge in [0.25, 0.3) is 0 Å². The van der Waals surface area contributed by atoms with Crippen LogP contribution in [-0.2, 0) is 24.8 Å². The highest BCUT2D eigenvalue weighted by Gasteiger charge is 2.45. The smallest absolute Gasteiger partial charge is 0.340 e. The van der Waals surface area contributed by atoms with Gasteiger partial charge in [0, 0.05) is 12.2 Å². The van der Waals surface area contributed by atoms with E-state index in [1.807, 2.05) is 6.92 Å². The predicted molar refractivity (Wildman–Crippen MR) is 134 cm³/mol. The zero-order valence-corrected chi connectivity index (χ0v) is 22.4. The third kappa shape index (κ3) is 6.78. The van der Waals surface area contributed by atoms with E-state index in [4.69, 9.17) is 30.6 Å². The number of rotatable bonds is 10. The summed E-state index contributed by atoms with van der Waals surface area (Å²) < 4.78 is 48.8. The van der Waals surface area contributed by atoms with E-state index in [1.165, 1.54) is 16.8 Å². The first-order valence-electron chi connectivity index (χ1n) is 11.3. The molecule has 17 heteroatoms. The van der Waals surface area contributed by atoms with E-state index in [1.54, 1.807) is 24.3 Å². The number of anilines is 1. The van der Waals surface area contributed by atoms with Crippen LogP contribution in [0.3, 0.4) is 0 Å². The van der Waals surface area contributed by atoms with Gasteiger partial charge in [-0.15, -0.1) is 0 Å². The number of benzene rings is 1. The Morgan fingerprint density at radius 2 is 1.89 bits per heavy atom. The van der Waals surface area contributed by atoms with E-state index < -0.39 is 52.2 Å². The molecule has 0 bridgehead atoms. The SMILES string of the molecule is C[C@@H](Cc1ccccc1F)Nc1nc(Cl)nc2c1ccn2[C@@H]1O[C@H](COP(=O)(O)CP(=O)(O)O)[C@@H](O)[C@H]1O. The average molecular weight is 595 g/mol. The molecule has 1 aromatic carbocycles. The average Bonchev–Trinajstić information content (AvgIpc) is 3.33. The molecule has 0 spiro atoms. The predicted octanol–water partition coefficient (Wildman–Crippen LogP) is 2.22. The molecule has 1 saturated heterocycles. The van der Waals surface area contributed by atoms with Gasteiger partial charge < -0.3 is 44.0 Å². The lowest BCUT2D eigenvalue weighted by atomic mass is 10.1. The zero-order valence-electron chi connectivity index (χ0n) is 19.8. The number of ether oxygens (including phenoxy) is 1. The molecule has 0 saturated carbocycles. The Labute approximate surface area is 220 Å². The third-order valence-corrected chi connectivity index (χ3v) is 9.45. The van der Waals surface area contributed by atoms with Gasteiger partial charge in [-0.25, -0.2) is 9.37 Å². The lowest BCUT2D eigenvalue weighted by Crippen LogP contribution is -2.33. The van der Waals surface area contributed by atoms with Gasteiger partial charge in [-0.3, -0.25) is 9.13 Å². The fraction of sp³-hybridized carbons (Fsp3) is 0.429. The number of hydrogen-bond acceptors (Lipinski definition) is 9. The van der Waals surface area contributed by atoms with E-state index in [-0.39, 0.29) is 22.8 Å². The molecular weight excluding hydrogens is 569 g/mol. The molecule has 2 aromatic heterocycles. The lowest BCUT2D eigenvalue weighted by molar-refractivity contribution is -0.0481. The molecule has 1 aliphatic heterocycles. The maximum atomic E-state index is 14.1. The molecule has 3 heterocycles. The van der Waals surface area contributed by atoms with Gasteiger partial charge in [-0.2, -0.15) is 4.98 Å². The molecular formula is C21H26ClFN4O9P2.